The Morgan fingerprint density at radius 1 is 1.61 bits per heavy atom. The highest BCUT2D eigenvalue weighted by molar-refractivity contribution is 5.65. The summed E-state index contributed by atoms with van der Waals surface area (Å²) in [6, 6.07) is 3.86. The van der Waals surface area contributed by atoms with Gasteiger partial charge in [0, 0.05) is 18.8 Å². The van der Waals surface area contributed by atoms with Gasteiger partial charge >= 0.3 is 6.09 Å². The Kier molecular flexibility index (Phi) is 3.52. The van der Waals surface area contributed by atoms with Crippen LogP contribution in [0.1, 0.15) is 19.4 Å². The van der Waals surface area contributed by atoms with Gasteiger partial charge in [0.1, 0.15) is 0 Å². The van der Waals surface area contributed by atoms with Crippen LogP contribution in [0.5, 0.6) is 0 Å². The number of nitrogens with zero attached hydrogens (tertiary/aromatic N) is 2. The van der Waals surface area contributed by atoms with Gasteiger partial charge in [0.05, 0.1) is 24.8 Å². The predicted octanol–water partition coefficient (Wildman–Crippen LogP) is 1.78. The van der Waals surface area contributed by atoms with Crippen LogP contribution in [0.4, 0.5) is 4.79 Å². The van der Waals surface area contributed by atoms with Gasteiger partial charge in [0.25, 0.3) is 0 Å². The average molecular weight is 250 g/mol. The number of ether oxygens (including phenoxy) is 1. The van der Waals surface area contributed by atoms with Gasteiger partial charge in [-0.1, -0.05) is 0 Å². The first kappa shape index (κ1) is 12.8. The second-order valence-electron chi connectivity index (χ2n) is 5.07. The van der Waals surface area contributed by atoms with E-state index in [9.17, 15) is 4.79 Å². The topological polar surface area (TPSA) is 62.7 Å². The van der Waals surface area contributed by atoms with E-state index in [1.807, 2.05) is 26.0 Å². The zero-order valence-electron chi connectivity index (χ0n) is 10.7. The van der Waals surface area contributed by atoms with Gasteiger partial charge in [0.15, 0.2) is 0 Å². The molecule has 1 aromatic rings. The lowest BCUT2D eigenvalue weighted by Gasteiger charge is -2.42. The second kappa shape index (κ2) is 4.94. The van der Waals surface area contributed by atoms with Crippen LogP contribution in [0, 0.1) is 0 Å². The SMILES string of the molecule is C[C@H]1CN(C(=O)O)C[C@@](C)(Cc2ccncc2)O1. The Balaban J connectivity index is 2.11. The minimum absolute atomic E-state index is 0.0818. The van der Waals surface area contributed by atoms with Crippen molar-refractivity contribution in [1.29, 1.82) is 0 Å². The number of hydrogen-bond acceptors (Lipinski definition) is 3. The molecule has 0 aromatic carbocycles. The van der Waals surface area contributed by atoms with Crippen LogP contribution < -0.4 is 0 Å². The van der Waals surface area contributed by atoms with Crippen LogP contribution in [0.2, 0.25) is 0 Å². The highest BCUT2D eigenvalue weighted by Crippen LogP contribution is 2.25. The summed E-state index contributed by atoms with van der Waals surface area (Å²) in [5.74, 6) is 0. The fraction of sp³-hybridized carbons (Fsp3) is 0.538. The molecule has 0 radical (unpaired) electrons. The summed E-state index contributed by atoms with van der Waals surface area (Å²) < 4.78 is 5.93. The molecule has 1 aliphatic heterocycles. The number of rotatable bonds is 2. The first-order valence-corrected chi connectivity index (χ1v) is 6.03. The zero-order valence-corrected chi connectivity index (χ0v) is 10.7. The molecule has 1 saturated heterocycles. The molecule has 0 unspecified atom stereocenters. The fourth-order valence-electron chi connectivity index (χ4n) is 2.51. The molecule has 2 heterocycles. The first-order chi connectivity index (χ1) is 8.48. The molecule has 98 valence electrons. The van der Waals surface area contributed by atoms with E-state index in [2.05, 4.69) is 4.98 Å². The molecule has 18 heavy (non-hydrogen) atoms. The normalized spacial score (nSPS) is 28.1. The third kappa shape index (κ3) is 2.98. The van der Waals surface area contributed by atoms with Crippen molar-refractivity contribution in [3.8, 4) is 0 Å². The Morgan fingerprint density at radius 3 is 2.89 bits per heavy atom. The number of pyridine rings is 1. The third-order valence-corrected chi connectivity index (χ3v) is 3.09. The fourth-order valence-corrected chi connectivity index (χ4v) is 2.51. The molecule has 1 aromatic heterocycles. The van der Waals surface area contributed by atoms with Crippen molar-refractivity contribution >= 4 is 6.09 Å². The number of hydrogen-bond donors (Lipinski definition) is 1. The molecule has 5 heteroatoms. The molecule has 1 N–H and O–H groups in total. The molecule has 1 amide bonds. The van der Waals surface area contributed by atoms with Crippen molar-refractivity contribution in [2.24, 2.45) is 0 Å². The first-order valence-electron chi connectivity index (χ1n) is 6.03. The molecule has 2 rings (SSSR count). The van der Waals surface area contributed by atoms with Crippen LogP contribution in [0.15, 0.2) is 24.5 Å². The summed E-state index contributed by atoms with van der Waals surface area (Å²) in [6.07, 6.45) is 3.19. The van der Waals surface area contributed by atoms with Crippen LogP contribution in [0.25, 0.3) is 0 Å². The van der Waals surface area contributed by atoms with Gasteiger partial charge in [-0.25, -0.2) is 4.79 Å². The molecular weight excluding hydrogens is 232 g/mol. The third-order valence-electron chi connectivity index (χ3n) is 3.09. The van der Waals surface area contributed by atoms with Gasteiger partial charge in [-0.05, 0) is 31.5 Å². The lowest BCUT2D eigenvalue weighted by Crippen LogP contribution is -2.55. The van der Waals surface area contributed by atoms with E-state index >= 15 is 0 Å². The Morgan fingerprint density at radius 2 is 2.28 bits per heavy atom. The summed E-state index contributed by atoms with van der Waals surface area (Å²) in [6.45, 7) is 4.69. The van der Waals surface area contributed by atoms with Crippen molar-refractivity contribution in [1.82, 2.24) is 9.88 Å². The van der Waals surface area contributed by atoms with Crippen molar-refractivity contribution in [3.63, 3.8) is 0 Å². The highest BCUT2D eigenvalue weighted by atomic mass is 16.5. The second-order valence-corrected chi connectivity index (χ2v) is 5.07. The quantitative estimate of drug-likeness (QED) is 0.869. The smallest absolute Gasteiger partial charge is 0.407 e. The van der Waals surface area contributed by atoms with Gasteiger partial charge in [-0.3, -0.25) is 4.98 Å². The van der Waals surface area contributed by atoms with Crippen molar-refractivity contribution < 1.29 is 14.6 Å². The molecule has 0 spiro atoms. The number of carboxylic acid groups (broad SMARTS) is 1. The van der Waals surface area contributed by atoms with Gasteiger partial charge in [-0.2, -0.15) is 0 Å². The van der Waals surface area contributed by atoms with Crippen molar-refractivity contribution in [2.75, 3.05) is 13.1 Å². The maximum absolute atomic E-state index is 11.1. The molecular formula is C13H18N2O3. The van der Waals surface area contributed by atoms with E-state index in [-0.39, 0.29) is 6.10 Å². The van der Waals surface area contributed by atoms with Gasteiger partial charge in [-0.15, -0.1) is 0 Å². The standard InChI is InChI=1S/C13H18N2O3/c1-10-8-15(12(16)17)9-13(2,18-10)7-11-3-5-14-6-4-11/h3-6,10H,7-9H2,1-2H3,(H,16,17)/t10-,13+/m0/s1. The molecule has 1 fully saturated rings. The summed E-state index contributed by atoms with van der Waals surface area (Å²) in [5, 5.41) is 9.11. The molecule has 0 saturated carbocycles. The van der Waals surface area contributed by atoms with E-state index in [1.165, 1.54) is 4.90 Å². The van der Waals surface area contributed by atoms with Crippen molar-refractivity contribution in [2.45, 2.75) is 32.0 Å². The molecule has 1 aliphatic rings. The van der Waals surface area contributed by atoms with Crippen LogP contribution in [-0.2, 0) is 11.2 Å². The largest absolute Gasteiger partial charge is 0.465 e. The number of morpholine rings is 1. The van der Waals surface area contributed by atoms with E-state index in [1.54, 1.807) is 12.4 Å². The van der Waals surface area contributed by atoms with E-state index in [0.29, 0.717) is 19.5 Å². The van der Waals surface area contributed by atoms with E-state index < -0.39 is 11.7 Å². The monoisotopic (exact) mass is 250 g/mol. The summed E-state index contributed by atoms with van der Waals surface area (Å²) in [5.41, 5.74) is 0.629. The number of amides is 1. The van der Waals surface area contributed by atoms with Crippen molar-refractivity contribution in [3.05, 3.63) is 30.1 Å². The lowest BCUT2D eigenvalue weighted by molar-refractivity contribution is -0.130. The van der Waals surface area contributed by atoms with E-state index in [4.69, 9.17) is 9.84 Å². The molecule has 0 aliphatic carbocycles. The Bertz CT molecular complexity index is 424. The zero-order chi connectivity index (χ0) is 13.2. The minimum Gasteiger partial charge on any atom is -0.465 e. The molecule has 2 atom stereocenters. The molecule has 5 nitrogen and oxygen atoms in total. The average Bonchev–Trinajstić information content (AvgIpc) is 2.28. The van der Waals surface area contributed by atoms with Gasteiger partial charge in [0.2, 0.25) is 0 Å². The lowest BCUT2D eigenvalue weighted by atomic mass is 9.94. The van der Waals surface area contributed by atoms with Crippen LogP contribution in [0.3, 0.4) is 0 Å². The Hall–Kier alpha value is -1.62. The summed E-state index contributed by atoms with van der Waals surface area (Å²) in [4.78, 5) is 16.5. The van der Waals surface area contributed by atoms with Crippen LogP contribution >= 0.6 is 0 Å². The van der Waals surface area contributed by atoms with Gasteiger partial charge < -0.3 is 14.7 Å². The summed E-state index contributed by atoms with van der Waals surface area (Å²) >= 11 is 0. The minimum atomic E-state index is -0.883. The maximum atomic E-state index is 11.1. The number of carbonyl (C=O) groups is 1. The predicted molar refractivity (Wildman–Crippen MR) is 66.5 cm³/mol. The number of aromatic nitrogens is 1. The maximum Gasteiger partial charge on any atom is 0.407 e. The summed E-state index contributed by atoms with van der Waals surface area (Å²) in [7, 11) is 0. The molecule has 0 bridgehead atoms. The van der Waals surface area contributed by atoms with E-state index in [0.717, 1.165) is 5.56 Å². The Labute approximate surface area is 106 Å². The highest BCUT2D eigenvalue weighted by Gasteiger charge is 2.37. The van der Waals surface area contributed by atoms with Crippen LogP contribution in [-0.4, -0.2) is 45.9 Å².